The Balaban J connectivity index is 1.74. The van der Waals surface area contributed by atoms with Crippen LogP contribution in [0.3, 0.4) is 0 Å². The number of hydrogen-bond acceptors (Lipinski definition) is 5. The molecule has 0 saturated carbocycles. The number of amides is 1. The van der Waals surface area contributed by atoms with Gasteiger partial charge in [-0.1, -0.05) is 17.7 Å². The zero-order valence-electron chi connectivity index (χ0n) is 12.2. The molecule has 2 heterocycles. The van der Waals surface area contributed by atoms with Gasteiger partial charge in [-0.05, 0) is 17.7 Å². The first-order valence-electron chi connectivity index (χ1n) is 7.09. The number of ether oxygens (including phenoxy) is 1. The average Bonchev–Trinajstić information content (AvgIpc) is 3.06. The number of halogens is 2. The Kier molecular flexibility index (Phi) is 4.91. The second-order valence-electron chi connectivity index (χ2n) is 5.11. The lowest BCUT2D eigenvalue weighted by Gasteiger charge is -2.32. The number of carbonyl (C=O) groups is 1. The molecule has 2 aromatic rings. The molecule has 0 radical (unpaired) electrons. The number of benzene rings is 1. The van der Waals surface area contributed by atoms with Crippen molar-refractivity contribution < 1.29 is 13.9 Å². The predicted molar refractivity (Wildman–Crippen MR) is 86.0 cm³/mol. The van der Waals surface area contributed by atoms with E-state index < -0.39 is 5.82 Å². The van der Waals surface area contributed by atoms with Crippen molar-refractivity contribution in [3.63, 3.8) is 0 Å². The summed E-state index contributed by atoms with van der Waals surface area (Å²) in [6.45, 7) is 1.58. The first-order chi connectivity index (χ1) is 11.1. The predicted octanol–water partition coefficient (Wildman–Crippen LogP) is 2.61. The minimum atomic E-state index is -0.476. The highest BCUT2D eigenvalue weighted by Crippen LogP contribution is 2.27. The van der Waals surface area contributed by atoms with E-state index in [9.17, 15) is 9.18 Å². The molecule has 0 bridgehead atoms. The summed E-state index contributed by atoms with van der Waals surface area (Å²) in [4.78, 5) is 18.4. The summed E-state index contributed by atoms with van der Waals surface area (Å²) in [5, 5.41) is 2.48. The van der Waals surface area contributed by atoms with Crippen molar-refractivity contribution in [3.05, 3.63) is 50.7 Å². The molecule has 2 N–H and O–H groups in total. The van der Waals surface area contributed by atoms with E-state index in [0.29, 0.717) is 31.9 Å². The van der Waals surface area contributed by atoms with Gasteiger partial charge in [0.25, 0.3) is 5.91 Å². The Labute approximate surface area is 141 Å². The van der Waals surface area contributed by atoms with Gasteiger partial charge in [-0.2, -0.15) is 0 Å². The van der Waals surface area contributed by atoms with Gasteiger partial charge in [-0.3, -0.25) is 4.79 Å². The van der Waals surface area contributed by atoms with Gasteiger partial charge in [0, 0.05) is 18.5 Å². The summed E-state index contributed by atoms with van der Waals surface area (Å²) in [6, 6.07) is 4.45. The molecule has 1 aromatic carbocycles. The van der Waals surface area contributed by atoms with E-state index in [1.54, 1.807) is 16.3 Å². The van der Waals surface area contributed by atoms with Crippen LogP contribution in [0.15, 0.2) is 23.6 Å². The fourth-order valence-corrected chi connectivity index (χ4v) is 3.25. The van der Waals surface area contributed by atoms with Crippen molar-refractivity contribution in [2.45, 2.75) is 12.6 Å². The minimum Gasteiger partial charge on any atom is -0.370 e. The van der Waals surface area contributed by atoms with Gasteiger partial charge in [0.05, 0.1) is 18.2 Å². The van der Waals surface area contributed by atoms with Crippen LogP contribution >= 0.6 is 22.9 Å². The van der Waals surface area contributed by atoms with E-state index in [-0.39, 0.29) is 17.0 Å². The molecular formula is C15H15ClFN3O2S. The molecule has 1 unspecified atom stereocenters. The van der Waals surface area contributed by atoms with E-state index in [4.69, 9.17) is 22.1 Å². The SMILES string of the molecule is NCc1nc(C(=O)N2CCOC(c3ccc(F)c(Cl)c3)C2)cs1. The number of thiazole rings is 1. The second kappa shape index (κ2) is 6.92. The number of carbonyl (C=O) groups excluding carboxylic acids is 1. The molecule has 3 rings (SSSR count). The number of nitrogens with zero attached hydrogens (tertiary/aromatic N) is 2. The number of morpholine rings is 1. The van der Waals surface area contributed by atoms with Gasteiger partial charge >= 0.3 is 0 Å². The highest BCUT2D eigenvalue weighted by Gasteiger charge is 2.27. The van der Waals surface area contributed by atoms with Gasteiger partial charge in [0.15, 0.2) is 0 Å². The van der Waals surface area contributed by atoms with Crippen LogP contribution in [0.4, 0.5) is 4.39 Å². The van der Waals surface area contributed by atoms with Crippen LogP contribution in [-0.4, -0.2) is 35.5 Å². The van der Waals surface area contributed by atoms with Crippen LogP contribution in [0.1, 0.15) is 27.2 Å². The van der Waals surface area contributed by atoms with Crippen molar-refractivity contribution in [1.82, 2.24) is 9.88 Å². The minimum absolute atomic E-state index is 0.0432. The van der Waals surface area contributed by atoms with Gasteiger partial charge < -0.3 is 15.4 Å². The smallest absolute Gasteiger partial charge is 0.273 e. The lowest BCUT2D eigenvalue weighted by molar-refractivity contribution is -0.0230. The normalized spacial score (nSPS) is 18.2. The lowest BCUT2D eigenvalue weighted by atomic mass is 10.1. The summed E-state index contributed by atoms with van der Waals surface area (Å²) < 4.78 is 19.0. The molecule has 0 aliphatic carbocycles. The summed E-state index contributed by atoms with van der Waals surface area (Å²) in [6.07, 6.45) is -0.335. The summed E-state index contributed by atoms with van der Waals surface area (Å²) in [5.74, 6) is -0.626. The van der Waals surface area contributed by atoms with Crippen LogP contribution in [0, 0.1) is 5.82 Å². The first-order valence-corrected chi connectivity index (χ1v) is 8.34. The quantitative estimate of drug-likeness (QED) is 0.918. The van der Waals surface area contributed by atoms with Gasteiger partial charge in [0.1, 0.15) is 22.6 Å². The van der Waals surface area contributed by atoms with Crippen LogP contribution < -0.4 is 5.73 Å². The molecule has 23 heavy (non-hydrogen) atoms. The van der Waals surface area contributed by atoms with E-state index in [0.717, 1.165) is 10.6 Å². The van der Waals surface area contributed by atoms with E-state index in [1.807, 2.05) is 0 Å². The fourth-order valence-electron chi connectivity index (χ4n) is 2.41. The van der Waals surface area contributed by atoms with Crippen molar-refractivity contribution >= 4 is 28.8 Å². The molecule has 1 aromatic heterocycles. The van der Waals surface area contributed by atoms with Crippen LogP contribution in [0.2, 0.25) is 5.02 Å². The maximum Gasteiger partial charge on any atom is 0.273 e. The standard InChI is InChI=1S/C15H15ClFN3O2S/c16-10-5-9(1-2-11(10)17)13-7-20(3-4-22-13)15(21)12-8-23-14(6-18)19-12/h1-2,5,8,13H,3-4,6-7,18H2. The molecule has 1 amide bonds. The summed E-state index contributed by atoms with van der Waals surface area (Å²) in [7, 11) is 0. The Morgan fingerprint density at radius 2 is 2.39 bits per heavy atom. The van der Waals surface area contributed by atoms with E-state index >= 15 is 0 Å². The molecule has 1 fully saturated rings. The molecule has 1 saturated heterocycles. The number of aromatic nitrogens is 1. The maximum atomic E-state index is 13.3. The molecule has 1 aliphatic rings. The Bertz CT molecular complexity index is 724. The van der Waals surface area contributed by atoms with E-state index in [2.05, 4.69) is 4.98 Å². The maximum absolute atomic E-state index is 13.3. The molecule has 8 heteroatoms. The monoisotopic (exact) mass is 355 g/mol. The topological polar surface area (TPSA) is 68.5 Å². The molecule has 0 spiro atoms. The van der Waals surface area contributed by atoms with Crippen molar-refractivity contribution in [2.75, 3.05) is 19.7 Å². The number of nitrogens with two attached hydrogens (primary N) is 1. The van der Waals surface area contributed by atoms with E-state index in [1.165, 1.54) is 23.5 Å². The first kappa shape index (κ1) is 16.3. The number of hydrogen-bond donors (Lipinski definition) is 1. The Morgan fingerprint density at radius 3 is 3.09 bits per heavy atom. The summed E-state index contributed by atoms with van der Waals surface area (Å²) in [5.41, 5.74) is 6.67. The molecule has 1 atom stereocenters. The molecule has 5 nitrogen and oxygen atoms in total. The second-order valence-corrected chi connectivity index (χ2v) is 6.46. The zero-order valence-corrected chi connectivity index (χ0v) is 13.7. The lowest BCUT2D eigenvalue weighted by Crippen LogP contribution is -2.42. The van der Waals surface area contributed by atoms with Gasteiger partial charge in [0.2, 0.25) is 0 Å². The molecular weight excluding hydrogens is 341 g/mol. The zero-order chi connectivity index (χ0) is 16.4. The fraction of sp³-hybridized carbons (Fsp3) is 0.333. The summed E-state index contributed by atoms with van der Waals surface area (Å²) >= 11 is 7.18. The van der Waals surface area contributed by atoms with Gasteiger partial charge in [-0.15, -0.1) is 11.3 Å². The largest absolute Gasteiger partial charge is 0.370 e. The van der Waals surface area contributed by atoms with Crippen molar-refractivity contribution in [1.29, 1.82) is 0 Å². The molecule has 122 valence electrons. The third-order valence-corrected chi connectivity index (χ3v) is 4.78. The van der Waals surface area contributed by atoms with Crippen LogP contribution in [-0.2, 0) is 11.3 Å². The average molecular weight is 356 g/mol. The Morgan fingerprint density at radius 1 is 1.57 bits per heavy atom. The molecule has 1 aliphatic heterocycles. The van der Waals surface area contributed by atoms with Gasteiger partial charge in [-0.25, -0.2) is 9.37 Å². The third kappa shape index (κ3) is 3.53. The number of rotatable bonds is 3. The van der Waals surface area contributed by atoms with Crippen molar-refractivity contribution in [3.8, 4) is 0 Å². The van der Waals surface area contributed by atoms with Crippen LogP contribution in [0.25, 0.3) is 0 Å². The van der Waals surface area contributed by atoms with Crippen molar-refractivity contribution in [2.24, 2.45) is 5.73 Å². The van der Waals surface area contributed by atoms with Crippen LogP contribution in [0.5, 0.6) is 0 Å². The highest BCUT2D eigenvalue weighted by atomic mass is 35.5. The Hall–Kier alpha value is -1.54. The third-order valence-electron chi connectivity index (χ3n) is 3.61. The highest BCUT2D eigenvalue weighted by molar-refractivity contribution is 7.09.